The van der Waals surface area contributed by atoms with Crippen LogP contribution in [0.1, 0.15) is 0 Å². The Bertz CT molecular complexity index is 762. The van der Waals surface area contributed by atoms with E-state index in [9.17, 15) is 4.57 Å². The fourth-order valence-corrected chi connectivity index (χ4v) is 7.57. The van der Waals surface area contributed by atoms with Gasteiger partial charge in [0.1, 0.15) is 0 Å². The van der Waals surface area contributed by atoms with Crippen molar-refractivity contribution in [3.8, 4) is 0 Å². The van der Waals surface area contributed by atoms with Gasteiger partial charge in [0, 0.05) is 20.0 Å². The lowest BCUT2D eigenvalue weighted by molar-refractivity contribution is 0.595. The Labute approximate surface area is 143 Å². The number of rotatable bonds is 4. The molecule has 0 radical (unpaired) electrons. The van der Waals surface area contributed by atoms with Gasteiger partial charge in [-0.3, -0.25) is 0 Å². The molecular formula is C18H14BrOPS. The summed E-state index contributed by atoms with van der Waals surface area (Å²) in [7, 11) is 0. The molecule has 0 saturated carbocycles. The van der Waals surface area contributed by atoms with Crippen LogP contribution < -0.4 is 10.6 Å². The van der Waals surface area contributed by atoms with E-state index in [2.05, 4.69) is 15.9 Å². The molecule has 0 aliphatic heterocycles. The summed E-state index contributed by atoms with van der Waals surface area (Å²) in [6.07, 6.45) is -2.77. The Morgan fingerprint density at radius 1 is 0.727 bits per heavy atom. The highest BCUT2D eigenvalue weighted by Crippen LogP contribution is 2.59. The quantitative estimate of drug-likeness (QED) is 0.551. The third-order valence-corrected chi connectivity index (χ3v) is 9.06. The number of benzene rings is 3. The lowest BCUT2D eigenvalue weighted by Crippen LogP contribution is -2.13. The maximum absolute atomic E-state index is 13.8. The van der Waals surface area contributed by atoms with E-state index in [0.29, 0.717) is 0 Å². The fraction of sp³-hybridized carbons (Fsp3) is 0. The molecule has 3 rings (SSSR count). The van der Waals surface area contributed by atoms with Crippen LogP contribution in [0.25, 0.3) is 0 Å². The Morgan fingerprint density at radius 3 is 1.77 bits per heavy atom. The fourth-order valence-electron chi connectivity index (χ4n) is 2.18. The van der Waals surface area contributed by atoms with Crippen molar-refractivity contribution in [3.63, 3.8) is 0 Å². The molecule has 0 bridgehead atoms. The summed E-state index contributed by atoms with van der Waals surface area (Å²) >= 11 is 4.92. The first kappa shape index (κ1) is 15.6. The third-order valence-electron chi connectivity index (χ3n) is 3.22. The largest absolute Gasteiger partial charge is 0.302 e. The molecule has 3 aromatic rings. The minimum absolute atomic E-state index is 0.867. The van der Waals surface area contributed by atoms with Crippen LogP contribution in [-0.4, -0.2) is 0 Å². The third kappa shape index (κ3) is 3.38. The summed E-state index contributed by atoms with van der Waals surface area (Å²) < 4.78 is 14.8. The average molecular weight is 389 g/mol. The maximum atomic E-state index is 13.8. The van der Waals surface area contributed by atoms with E-state index >= 15 is 0 Å². The van der Waals surface area contributed by atoms with E-state index in [4.69, 9.17) is 0 Å². The van der Waals surface area contributed by atoms with Gasteiger partial charge in [0.2, 0.25) is 0 Å². The summed E-state index contributed by atoms with van der Waals surface area (Å²) in [6.45, 7) is 0. The van der Waals surface area contributed by atoms with Gasteiger partial charge in [0.15, 0.2) is 6.34 Å². The van der Waals surface area contributed by atoms with Gasteiger partial charge in [-0.1, -0.05) is 94.0 Å². The lowest BCUT2D eigenvalue weighted by atomic mass is 10.4. The molecular weight excluding hydrogens is 375 g/mol. The Hall–Kier alpha value is -1.28. The predicted octanol–water partition coefficient (Wildman–Crippen LogP) is 5.47. The number of hydrogen-bond donors (Lipinski definition) is 0. The first-order valence-corrected chi connectivity index (χ1v) is 10.8. The van der Waals surface area contributed by atoms with E-state index in [1.165, 1.54) is 11.4 Å². The van der Waals surface area contributed by atoms with Crippen LogP contribution >= 0.6 is 33.7 Å². The van der Waals surface area contributed by atoms with Gasteiger partial charge in [-0.05, 0) is 18.2 Å². The summed E-state index contributed by atoms with van der Waals surface area (Å²) in [4.78, 5) is 0.991. The summed E-state index contributed by atoms with van der Waals surface area (Å²) in [5.74, 6) is 0. The second-order valence-corrected chi connectivity index (χ2v) is 10.6. The molecule has 22 heavy (non-hydrogen) atoms. The first-order valence-electron chi connectivity index (χ1n) is 6.85. The van der Waals surface area contributed by atoms with Crippen molar-refractivity contribution < 1.29 is 4.57 Å². The summed E-state index contributed by atoms with van der Waals surface area (Å²) in [6, 6.07) is 27.3. The number of halogens is 1. The Morgan fingerprint density at radius 2 is 1.27 bits per heavy atom. The molecule has 0 saturated heterocycles. The molecule has 0 unspecified atom stereocenters. The Balaban J connectivity index is 2.10. The molecule has 110 valence electrons. The summed E-state index contributed by atoms with van der Waals surface area (Å²) in [5, 5.41) is 1.73. The highest BCUT2D eigenvalue weighted by Gasteiger charge is 2.28. The van der Waals surface area contributed by atoms with Crippen molar-refractivity contribution in [1.82, 2.24) is 0 Å². The van der Waals surface area contributed by atoms with Gasteiger partial charge in [0.05, 0.1) is 0 Å². The van der Waals surface area contributed by atoms with Crippen molar-refractivity contribution in [2.45, 2.75) is 4.90 Å². The van der Waals surface area contributed by atoms with Gasteiger partial charge in [-0.25, -0.2) is 0 Å². The molecule has 0 aliphatic carbocycles. The van der Waals surface area contributed by atoms with Crippen LogP contribution in [-0.2, 0) is 4.57 Å². The van der Waals surface area contributed by atoms with E-state index < -0.39 is 6.34 Å². The minimum atomic E-state index is -2.77. The van der Waals surface area contributed by atoms with Gasteiger partial charge in [0.25, 0.3) is 0 Å². The average Bonchev–Trinajstić information content (AvgIpc) is 2.56. The van der Waals surface area contributed by atoms with Crippen LogP contribution in [0.3, 0.4) is 0 Å². The van der Waals surface area contributed by atoms with Gasteiger partial charge in [-0.2, -0.15) is 0 Å². The molecule has 0 fully saturated rings. The van der Waals surface area contributed by atoms with E-state index in [1.807, 2.05) is 84.9 Å². The molecule has 0 aromatic heterocycles. The highest BCUT2D eigenvalue weighted by molar-refractivity contribution is 9.10. The van der Waals surface area contributed by atoms with Crippen molar-refractivity contribution >= 4 is 44.3 Å². The van der Waals surface area contributed by atoms with Crippen LogP contribution in [0.15, 0.2) is 94.3 Å². The topological polar surface area (TPSA) is 17.1 Å². The molecule has 0 N–H and O–H groups in total. The van der Waals surface area contributed by atoms with Gasteiger partial charge >= 0.3 is 0 Å². The molecule has 0 heterocycles. The minimum Gasteiger partial charge on any atom is -0.302 e. The molecule has 1 nitrogen and oxygen atoms in total. The van der Waals surface area contributed by atoms with Crippen LogP contribution in [0.5, 0.6) is 0 Å². The first-order chi connectivity index (χ1) is 10.7. The standard InChI is InChI=1S/C18H14BrOPS/c19-15-8-7-13-18(14-15)22-21(20,16-9-3-1-4-10-16)17-11-5-2-6-12-17/h1-14H. The summed E-state index contributed by atoms with van der Waals surface area (Å²) in [5.41, 5.74) is 0. The number of hydrogen-bond acceptors (Lipinski definition) is 2. The van der Waals surface area contributed by atoms with Crippen molar-refractivity contribution in [1.29, 1.82) is 0 Å². The van der Waals surface area contributed by atoms with E-state index in [1.54, 1.807) is 0 Å². The van der Waals surface area contributed by atoms with Crippen LogP contribution in [0.4, 0.5) is 0 Å². The van der Waals surface area contributed by atoms with E-state index in [0.717, 1.165) is 20.0 Å². The van der Waals surface area contributed by atoms with Crippen molar-refractivity contribution in [2.75, 3.05) is 0 Å². The zero-order chi connectivity index (χ0) is 15.4. The maximum Gasteiger partial charge on any atom is 0.199 e. The van der Waals surface area contributed by atoms with E-state index in [-0.39, 0.29) is 0 Å². The smallest absolute Gasteiger partial charge is 0.199 e. The molecule has 0 amide bonds. The second kappa shape index (κ2) is 6.87. The zero-order valence-electron chi connectivity index (χ0n) is 11.7. The van der Waals surface area contributed by atoms with Gasteiger partial charge in [-0.15, -0.1) is 0 Å². The zero-order valence-corrected chi connectivity index (χ0v) is 15.0. The van der Waals surface area contributed by atoms with Crippen LogP contribution in [0.2, 0.25) is 0 Å². The van der Waals surface area contributed by atoms with Gasteiger partial charge < -0.3 is 4.57 Å². The molecule has 0 spiro atoms. The molecule has 0 aliphatic rings. The van der Waals surface area contributed by atoms with Crippen molar-refractivity contribution in [2.24, 2.45) is 0 Å². The monoisotopic (exact) mass is 388 g/mol. The normalized spacial score (nSPS) is 11.3. The van der Waals surface area contributed by atoms with Crippen LogP contribution in [0, 0.1) is 0 Å². The van der Waals surface area contributed by atoms with Crippen molar-refractivity contribution in [3.05, 3.63) is 89.4 Å². The lowest BCUT2D eigenvalue weighted by Gasteiger charge is -2.18. The molecule has 4 heteroatoms. The predicted molar refractivity (Wildman–Crippen MR) is 99.8 cm³/mol. The highest BCUT2D eigenvalue weighted by atomic mass is 79.9. The molecule has 0 atom stereocenters. The SMILES string of the molecule is O=P(Sc1cccc(Br)c1)(c1ccccc1)c1ccccc1. The second-order valence-electron chi connectivity index (χ2n) is 4.77. The Kier molecular flexibility index (Phi) is 4.87. The molecule has 3 aromatic carbocycles.